The molecule has 7 heteroatoms. The molecule has 1 fully saturated rings. The molecule has 130 valence electrons. The van der Waals surface area contributed by atoms with E-state index in [9.17, 15) is 21.6 Å². The van der Waals surface area contributed by atoms with Gasteiger partial charge in [0.1, 0.15) is 0 Å². The van der Waals surface area contributed by atoms with E-state index in [0.717, 1.165) is 5.56 Å². The lowest BCUT2D eigenvalue weighted by Gasteiger charge is -2.31. The van der Waals surface area contributed by atoms with Gasteiger partial charge in [0, 0.05) is 6.04 Å². The summed E-state index contributed by atoms with van der Waals surface area (Å²) in [5.74, 6) is -1.43. The molecule has 23 heavy (non-hydrogen) atoms. The zero-order chi connectivity index (χ0) is 17.4. The minimum atomic E-state index is -4.26. The molecule has 0 spiro atoms. The Balaban J connectivity index is 2.22. The average Bonchev–Trinajstić information content (AvgIpc) is 2.35. The lowest BCUT2D eigenvalue weighted by Crippen LogP contribution is -2.41. The summed E-state index contributed by atoms with van der Waals surface area (Å²) in [6, 6.07) is 2.86. The fourth-order valence-corrected chi connectivity index (χ4v) is 5.20. The molecule has 0 aromatic heterocycles. The van der Waals surface area contributed by atoms with Crippen LogP contribution in [0.5, 0.6) is 0 Å². The number of hydrogen-bond donors (Lipinski definition) is 1. The summed E-state index contributed by atoms with van der Waals surface area (Å²) in [6.07, 6.45) is -3.56. The lowest BCUT2D eigenvalue weighted by molar-refractivity contribution is -0.183. The lowest BCUT2D eigenvalue weighted by atomic mass is 9.86. The van der Waals surface area contributed by atoms with E-state index < -0.39 is 28.2 Å². The molecule has 1 N–H and O–H groups in total. The number of aryl methyl sites for hydroxylation is 3. The summed E-state index contributed by atoms with van der Waals surface area (Å²) in [5.41, 5.74) is 2.17. The second-order valence-corrected chi connectivity index (χ2v) is 8.10. The van der Waals surface area contributed by atoms with Crippen LogP contribution in [0.3, 0.4) is 0 Å². The van der Waals surface area contributed by atoms with Crippen LogP contribution >= 0.6 is 0 Å². The first kappa shape index (κ1) is 18.3. The molecule has 0 unspecified atom stereocenters. The van der Waals surface area contributed by atoms with Crippen LogP contribution in [0.15, 0.2) is 17.0 Å². The topological polar surface area (TPSA) is 46.2 Å². The molecule has 0 heterocycles. The second-order valence-electron chi connectivity index (χ2n) is 6.45. The highest BCUT2D eigenvalue weighted by Crippen LogP contribution is 2.38. The Labute approximate surface area is 135 Å². The van der Waals surface area contributed by atoms with E-state index in [2.05, 4.69) is 4.72 Å². The number of benzene rings is 1. The van der Waals surface area contributed by atoms with Crippen molar-refractivity contribution in [3.8, 4) is 0 Å². The molecule has 2 rings (SSSR count). The Kier molecular flexibility index (Phi) is 5.11. The summed E-state index contributed by atoms with van der Waals surface area (Å²) in [5, 5.41) is 0. The summed E-state index contributed by atoms with van der Waals surface area (Å²) in [7, 11) is -3.82. The predicted octanol–water partition coefficient (Wildman–Crippen LogP) is 4.01. The highest BCUT2D eigenvalue weighted by molar-refractivity contribution is 7.89. The van der Waals surface area contributed by atoms with E-state index in [1.165, 1.54) is 0 Å². The molecule has 1 aliphatic carbocycles. The standard InChI is InChI=1S/C16H22F3NO2S/c1-10-7-11(2)15(12(3)8-10)23(21,22)20-14-6-4-5-13(9-14)16(17,18)19/h7-8,13-14,20H,4-6,9H2,1-3H3/t13-,14-/m0/s1. The van der Waals surface area contributed by atoms with Crippen molar-refractivity contribution in [3.63, 3.8) is 0 Å². The van der Waals surface area contributed by atoms with Crippen molar-refractivity contribution in [1.82, 2.24) is 4.72 Å². The van der Waals surface area contributed by atoms with Gasteiger partial charge in [-0.25, -0.2) is 13.1 Å². The van der Waals surface area contributed by atoms with Crippen LogP contribution in [0.25, 0.3) is 0 Å². The Hall–Kier alpha value is -1.08. The van der Waals surface area contributed by atoms with Gasteiger partial charge in [0.25, 0.3) is 0 Å². The number of nitrogens with one attached hydrogen (secondary N) is 1. The number of halogens is 3. The number of hydrogen-bond acceptors (Lipinski definition) is 2. The van der Waals surface area contributed by atoms with Gasteiger partial charge < -0.3 is 0 Å². The third kappa shape index (κ3) is 4.26. The fourth-order valence-electron chi connectivity index (χ4n) is 3.46. The van der Waals surface area contributed by atoms with Gasteiger partial charge in [0.15, 0.2) is 0 Å². The minimum absolute atomic E-state index is 0.0737. The predicted molar refractivity (Wildman–Crippen MR) is 82.8 cm³/mol. The third-order valence-corrected chi connectivity index (χ3v) is 6.16. The van der Waals surface area contributed by atoms with Gasteiger partial charge in [-0.2, -0.15) is 13.2 Å². The van der Waals surface area contributed by atoms with Gasteiger partial charge in [-0.15, -0.1) is 0 Å². The molecule has 1 saturated carbocycles. The largest absolute Gasteiger partial charge is 0.391 e. The SMILES string of the molecule is Cc1cc(C)c(S(=O)(=O)N[C@H]2CCC[C@H](C(F)(F)F)C2)c(C)c1. The van der Waals surface area contributed by atoms with Gasteiger partial charge in [0.2, 0.25) is 10.0 Å². The van der Waals surface area contributed by atoms with Crippen molar-refractivity contribution in [2.24, 2.45) is 5.92 Å². The highest BCUT2D eigenvalue weighted by Gasteiger charge is 2.43. The van der Waals surface area contributed by atoms with Gasteiger partial charge in [-0.1, -0.05) is 24.1 Å². The Morgan fingerprint density at radius 2 is 1.65 bits per heavy atom. The number of rotatable bonds is 3. The molecule has 2 atom stereocenters. The summed E-state index contributed by atoms with van der Waals surface area (Å²) >= 11 is 0. The van der Waals surface area contributed by atoms with Crippen LogP contribution in [0.4, 0.5) is 13.2 Å². The third-order valence-electron chi connectivity index (χ3n) is 4.33. The zero-order valence-corrected chi connectivity index (χ0v) is 14.3. The maximum Gasteiger partial charge on any atom is 0.391 e. The van der Waals surface area contributed by atoms with Crippen LogP contribution in [-0.4, -0.2) is 20.6 Å². The Bertz CT molecular complexity index is 660. The van der Waals surface area contributed by atoms with Crippen LogP contribution in [0.1, 0.15) is 42.4 Å². The zero-order valence-electron chi connectivity index (χ0n) is 13.5. The molecule has 3 nitrogen and oxygen atoms in total. The van der Waals surface area contributed by atoms with Gasteiger partial charge in [-0.3, -0.25) is 0 Å². The number of alkyl halides is 3. The van der Waals surface area contributed by atoms with E-state index in [4.69, 9.17) is 0 Å². The minimum Gasteiger partial charge on any atom is -0.208 e. The molecule has 1 aliphatic rings. The Morgan fingerprint density at radius 1 is 1.09 bits per heavy atom. The summed E-state index contributed by atoms with van der Waals surface area (Å²) in [4.78, 5) is 0.178. The van der Waals surface area contributed by atoms with Gasteiger partial charge >= 0.3 is 6.18 Å². The average molecular weight is 349 g/mol. The maximum absolute atomic E-state index is 12.9. The van der Waals surface area contributed by atoms with E-state index in [-0.39, 0.29) is 17.7 Å². The first-order valence-corrected chi connectivity index (χ1v) is 9.16. The molecular weight excluding hydrogens is 327 g/mol. The Morgan fingerprint density at radius 3 is 2.17 bits per heavy atom. The number of sulfonamides is 1. The molecule has 0 bridgehead atoms. The monoisotopic (exact) mass is 349 g/mol. The van der Waals surface area contributed by atoms with Crippen LogP contribution in [0, 0.1) is 26.7 Å². The van der Waals surface area contributed by atoms with Crippen LogP contribution < -0.4 is 4.72 Å². The van der Waals surface area contributed by atoms with Crippen molar-refractivity contribution < 1.29 is 21.6 Å². The first-order chi connectivity index (χ1) is 10.5. The smallest absolute Gasteiger partial charge is 0.208 e. The molecule has 0 aliphatic heterocycles. The van der Waals surface area contributed by atoms with E-state index in [1.807, 2.05) is 6.92 Å². The van der Waals surface area contributed by atoms with Crippen molar-refractivity contribution in [2.75, 3.05) is 0 Å². The summed E-state index contributed by atoms with van der Waals surface area (Å²) < 4.78 is 66.3. The molecule has 0 amide bonds. The van der Waals surface area contributed by atoms with Crippen molar-refractivity contribution in [2.45, 2.75) is 63.6 Å². The van der Waals surface area contributed by atoms with E-state index >= 15 is 0 Å². The molecule has 1 aromatic carbocycles. The molecule has 1 aromatic rings. The maximum atomic E-state index is 12.9. The molecular formula is C16H22F3NO2S. The van der Waals surface area contributed by atoms with Crippen molar-refractivity contribution in [3.05, 3.63) is 28.8 Å². The highest BCUT2D eigenvalue weighted by atomic mass is 32.2. The second kappa shape index (κ2) is 6.43. The van der Waals surface area contributed by atoms with Crippen LogP contribution in [-0.2, 0) is 10.0 Å². The van der Waals surface area contributed by atoms with Crippen LogP contribution in [0.2, 0.25) is 0 Å². The van der Waals surface area contributed by atoms with E-state index in [1.54, 1.807) is 26.0 Å². The molecule has 0 radical (unpaired) electrons. The normalized spacial score (nSPS) is 23.0. The first-order valence-electron chi connectivity index (χ1n) is 7.67. The quantitative estimate of drug-likeness (QED) is 0.896. The van der Waals surface area contributed by atoms with Gasteiger partial charge in [-0.05, 0) is 51.2 Å². The fraction of sp³-hybridized carbons (Fsp3) is 0.625. The summed E-state index contributed by atoms with van der Waals surface area (Å²) in [6.45, 7) is 5.28. The van der Waals surface area contributed by atoms with Gasteiger partial charge in [0.05, 0.1) is 10.8 Å². The van der Waals surface area contributed by atoms with Crippen molar-refractivity contribution >= 4 is 10.0 Å². The molecule has 0 saturated heterocycles. The van der Waals surface area contributed by atoms with Crippen molar-refractivity contribution in [1.29, 1.82) is 0 Å². The van der Waals surface area contributed by atoms with E-state index in [0.29, 0.717) is 24.0 Å².